The summed E-state index contributed by atoms with van der Waals surface area (Å²) in [4.78, 5) is 11.0. The van der Waals surface area contributed by atoms with Gasteiger partial charge in [0.05, 0.1) is 10.4 Å². The maximum Gasteiger partial charge on any atom is 0.322 e. The van der Waals surface area contributed by atoms with Crippen molar-refractivity contribution in [2.75, 3.05) is 6.54 Å². The molecular formula is C9H10ClNO5S2. The summed E-state index contributed by atoms with van der Waals surface area (Å²) in [6.07, 6.45) is -1.07. The number of carboxylic acid groups (broad SMARTS) is 1. The van der Waals surface area contributed by atoms with Crippen LogP contribution in [-0.2, 0) is 14.8 Å². The molecule has 1 fully saturated rings. The summed E-state index contributed by atoms with van der Waals surface area (Å²) in [5.74, 6) is -1.27. The number of carboxylic acids is 1. The molecule has 1 aromatic rings. The third-order valence-electron chi connectivity index (χ3n) is 2.63. The van der Waals surface area contributed by atoms with E-state index < -0.39 is 28.1 Å². The van der Waals surface area contributed by atoms with Gasteiger partial charge in [0, 0.05) is 13.0 Å². The second-order valence-corrected chi connectivity index (χ2v) is 7.71. The van der Waals surface area contributed by atoms with Crippen molar-refractivity contribution >= 4 is 38.9 Å². The molecule has 0 bridgehead atoms. The topological polar surface area (TPSA) is 94.9 Å². The van der Waals surface area contributed by atoms with Gasteiger partial charge in [0.2, 0.25) is 0 Å². The third kappa shape index (κ3) is 2.39. The molecule has 1 aliphatic heterocycles. The standard InChI is InChI=1S/C9H10ClNO5S2/c10-7-1-2-8(17-7)18(15,16)11-4-5(12)3-6(11)9(13)14/h1-2,5-6,12H,3-4H2,(H,13,14)/t5-,6-/m1/s1. The Bertz CT molecular complexity index is 569. The van der Waals surface area contributed by atoms with Crippen molar-refractivity contribution in [1.82, 2.24) is 4.31 Å². The van der Waals surface area contributed by atoms with E-state index in [1.165, 1.54) is 12.1 Å². The lowest BCUT2D eigenvalue weighted by atomic mass is 10.2. The van der Waals surface area contributed by atoms with E-state index in [1.54, 1.807) is 0 Å². The van der Waals surface area contributed by atoms with E-state index in [9.17, 15) is 18.3 Å². The highest BCUT2D eigenvalue weighted by atomic mass is 35.5. The smallest absolute Gasteiger partial charge is 0.322 e. The number of β-amino-alcohol motifs (C(OH)–C–C–N with tert-alkyl or cyclic N) is 1. The van der Waals surface area contributed by atoms with Gasteiger partial charge in [0.25, 0.3) is 10.0 Å². The molecule has 9 heteroatoms. The van der Waals surface area contributed by atoms with Crippen molar-refractivity contribution in [1.29, 1.82) is 0 Å². The molecular weight excluding hydrogens is 302 g/mol. The SMILES string of the molecule is O=C(O)[C@H]1C[C@@H](O)CN1S(=O)(=O)c1ccc(Cl)s1. The Labute approximate surface area is 112 Å². The first-order valence-corrected chi connectivity index (χ1v) is 7.64. The first-order valence-electron chi connectivity index (χ1n) is 5.00. The predicted molar refractivity (Wildman–Crippen MR) is 65.3 cm³/mol. The van der Waals surface area contributed by atoms with Gasteiger partial charge in [-0.25, -0.2) is 8.42 Å². The summed E-state index contributed by atoms with van der Waals surface area (Å²) >= 11 is 6.53. The maximum atomic E-state index is 12.2. The van der Waals surface area contributed by atoms with Crippen LogP contribution in [0.2, 0.25) is 4.34 Å². The minimum atomic E-state index is -3.92. The molecule has 18 heavy (non-hydrogen) atoms. The van der Waals surface area contributed by atoms with Crippen LogP contribution in [-0.4, -0.2) is 47.6 Å². The van der Waals surface area contributed by atoms with E-state index in [-0.39, 0.29) is 17.2 Å². The molecule has 100 valence electrons. The lowest BCUT2D eigenvalue weighted by Gasteiger charge is -2.19. The van der Waals surface area contributed by atoms with E-state index in [0.29, 0.717) is 4.34 Å². The summed E-state index contributed by atoms with van der Waals surface area (Å²) < 4.78 is 25.5. The number of nitrogens with zero attached hydrogens (tertiary/aromatic N) is 1. The van der Waals surface area contributed by atoms with Crippen LogP contribution in [0, 0.1) is 0 Å². The number of carbonyl (C=O) groups is 1. The van der Waals surface area contributed by atoms with Crippen LogP contribution < -0.4 is 0 Å². The number of hydrogen-bond acceptors (Lipinski definition) is 5. The van der Waals surface area contributed by atoms with E-state index >= 15 is 0 Å². The number of thiophene rings is 1. The molecule has 0 radical (unpaired) electrons. The predicted octanol–water partition coefficient (Wildman–Crippen LogP) is 0.610. The van der Waals surface area contributed by atoms with E-state index in [0.717, 1.165) is 15.6 Å². The van der Waals surface area contributed by atoms with Crippen LogP contribution in [0.1, 0.15) is 6.42 Å². The van der Waals surface area contributed by atoms with Crippen molar-refractivity contribution in [2.24, 2.45) is 0 Å². The van der Waals surface area contributed by atoms with Gasteiger partial charge >= 0.3 is 5.97 Å². The molecule has 0 amide bonds. The quantitative estimate of drug-likeness (QED) is 0.853. The van der Waals surface area contributed by atoms with Gasteiger partial charge in [-0.3, -0.25) is 4.79 Å². The van der Waals surface area contributed by atoms with Gasteiger partial charge < -0.3 is 10.2 Å². The fraction of sp³-hybridized carbons (Fsp3) is 0.444. The molecule has 2 rings (SSSR count). The number of hydrogen-bond donors (Lipinski definition) is 2. The van der Waals surface area contributed by atoms with E-state index in [1.807, 2.05) is 0 Å². The molecule has 2 heterocycles. The van der Waals surface area contributed by atoms with Gasteiger partial charge in [-0.15, -0.1) is 11.3 Å². The summed E-state index contributed by atoms with van der Waals surface area (Å²) in [6.45, 7) is -0.213. The molecule has 1 aromatic heterocycles. The fourth-order valence-corrected chi connectivity index (χ4v) is 5.07. The van der Waals surface area contributed by atoms with Gasteiger partial charge in [-0.05, 0) is 12.1 Å². The highest BCUT2D eigenvalue weighted by Gasteiger charge is 2.44. The molecule has 1 aliphatic rings. The largest absolute Gasteiger partial charge is 0.480 e. The number of rotatable bonds is 3. The Hall–Kier alpha value is -0.670. The zero-order valence-electron chi connectivity index (χ0n) is 8.98. The van der Waals surface area contributed by atoms with Crippen molar-refractivity contribution in [3.8, 4) is 0 Å². The second kappa shape index (κ2) is 4.78. The van der Waals surface area contributed by atoms with Crippen LogP contribution in [0.3, 0.4) is 0 Å². The summed E-state index contributed by atoms with van der Waals surface area (Å²) in [5, 5.41) is 18.4. The van der Waals surface area contributed by atoms with Gasteiger partial charge in [-0.2, -0.15) is 4.31 Å². The van der Waals surface area contributed by atoms with E-state index in [4.69, 9.17) is 16.7 Å². The van der Waals surface area contributed by atoms with Crippen LogP contribution >= 0.6 is 22.9 Å². The molecule has 0 saturated carbocycles. The van der Waals surface area contributed by atoms with Gasteiger partial charge in [-0.1, -0.05) is 11.6 Å². The molecule has 0 unspecified atom stereocenters. The zero-order valence-corrected chi connectivity index (χ0v) is 11.4. The normalized spacial score (nSPS) is 25.4. The average molecular weight is 312 g/mol. The lowest BCUT2D eigenvalue weighted by Crippen LogP contribution is -2.40. The Kier molecular flexibility index (Phi) is 3.65. The first kappa shape index (κ1) is 13.8. The summed E-state index contributed by atoms with van der Waals surface area (Å²) in [5.41, 5.74) is 0. The highest BCUT2D eigenvalue weighted by molar-refractivity contribution is 7.91. The second-order valence-electron chi connectivity index (χ2n) is 3.88. The van der Waals surface area contributed by atoms with E-state index in [2.05, 4.69) is 0 Å². The van der Waals surface area contributed by atoms with Gasteiger partial charge in [0.15, 0.2) is 0 Å². The minimum Gasteiger partial charge on any atom is -0.480 e. The number of sulfonamides is 1. The van der Waals surface area contributed by atoms with Crippen LogP contribution in [0.4, 0.5) is 0 Å². The Morgan fingerprint density at radius 1 is 1.50 bits per heavy atom. The average Bonchev–Trinajstić information content (AvgIpc) is 2.84. The lowest BCUT2D eigenvalue weighted by molar-refractivity contribution is -0.140. The molecule has 2 atom stereocenters. The molecule has 0 aromatic carbocycles. The van der Waals surface area contributed by atoms with Crippen molar-refractivity contribution in [3.05, 3.63) is 16.5 Å². The van der Waals surface area contributed by atoms with Crippen molar-refractivity contribution in [3.63, 3.8) is 0 Å². The van der Waals surface area contributed by atoms with Crippen molar-refractivity contribution in [2.45, 2.75) is 22.8 Å². The monoisotopic (exact) mass is 311 g/mol. The summed E-state index contributed by atoms with van der Waals surface area (Å²) in [7, 11) is -3.92. The molecule has 0 aliphatic carbocycles. The zero-order chi connectivity index (χ0) is 13.5. The Morgan fingerprint density at radius 2 is 2.17 bits per heavy atom. The molecule has 2 N–H and O–H groups in total. The molecule has 1 saturated heterocycles. The van der Waals surface area contributed by atoms with Gasteiger partial charge in [0.1, 0.15) is 10.3 Å². The third-order valence-corrected chi connectivity index (χ3v) is 6.20. The highest BCUT2D eigenvalue weighted by Crippen LogP contribution is 2.32. The van der Waals surface area contributed by atoms with Crippen LogP contribution in [0.25, 0.3) is 0 Å². The number of aliphatic hydroxyl groups excluding tert-OH is 1. The van der Waals surface area contributed by atoms with Crippen LogP contribution in [0.15, 0.2) is 16.3 Å². The fourth-order valence-electron chi connectivity index (χ4n) is 1.83. The molecule has 0 spiro atoms. The minimum absolute atomic E-state index is 0.0205. The molecule has 6 nitrogen and oxygen atoms in total. The van der Waals surface area contributed by atoms with Crippen LogP contribution in [0.5, 0.6) is 0 Å². The Morgan fingerprint density at radius 3 is 2.67 bits per heavy atom. The Balaban J connectivity index is 2.38. The van der Waals surface area contributed by atoms with Crippen molar-refractivity contribution < 1.29 is 23.4 Å². The number of aliphatic hydroxyl groups is 1. The number of halogens is 1. The maximum absolute atomic E-state index is 12.2. The number of aliphatic carboxylic acids is 1. The summed E-state index contributed by atoms with van der Waals surface area (Å²) in [6, 6.07) is 1.53. The first-order chi connectivity index (χ1) is 8.32.